The van der Waals surface area contributed by atoms with Gasteiger partial charge in [0.15, 0.2) is 5.58 Å². The van der Waals surface area contributed by atoms with Gasteiger partial charge >= 0.3 is 0 Å². The highest BCUT2D eigenvalue weighted by Crippen LogP contribution is 2.32. The maximum Gasteiger partial charge on any atom is 0.175 e. The molecule has 4 heteroatoms. The van der Waals surface area contributed by atoms with E-state index in [1.807, 2.05) is 24.3 Å². The number of hydrogen-bond donors (Lipinski definition) is 1. The molecule has 4 rings (SSSR count). The van der Waals surface area contributed by atoms with Gasteiger partial charge in [-0.15, -0.1) is 0 Å². The van der Waals surface area contributed by atoms with Crippen molar-refractivity contribution in [2.45, 2.75) is 25.8 Å². The number of fused-ring (bicyclic) bond motifs is 1. The lowest BCUT2D eigenvalue weighted by Crippen LogP contribution is -2.18. The number of aromatic nitrogens is 1. The van der Waals surface area contributed by atoms with Crippen molar-refractivity contribution in [3.8, 4) is 5.75 Å². The van der Waals surface area contributed by atoms with Crippen LogP contribution in [0.25, 0.3) is 11.0 Å². The van der Waals surface area contributed by atoms with Gasteiger partial charge in [0, 0.05) is 18.4 Å². The van der Waals surface area contributed by atoms with Crippen LogP contribution in [-0.2, 0) is 13.0 Å². The maximum absolute atomic E-state index is 10.3. The summed E-state index contributed by atoms with van der Waals surface area (Å²) < 4.78 is 5.61. The molecule has 0 amide bonds. The average molecular weight is 308 g/mol. The SMILES string of the molecule is Oc1ccc2c(Cc3ccccc3)noc2c1CN1CCCC1. The molecule has 0 saturated carbocycles. The summed E-state index contributed by atoms with van der Waals surface area (Å²) >= 11 is 0. The van der Waals surface area contributed by atoms with E-state index in [4.69, 9.17) is 4.52 Å². The van der Waals surface area contributed by atoms with E-state index in [0.29, 0.717) is 5.75 Å². The van der Waals surface area contributed by atoms with E-state index in [9.17, 15) is 5.11 Å². The molecular weight excluding hydrogens is 288 g/mol. The standard InChI is InChI=1S/C19H20N2O2/c22-18-9-8-15-17(12-14-6-2-1-3-7-14)20-23-19(15)16(18)13-21-10-4-5-11-21/h1-3,6-9,22H,4-5,10-13H2. The topological polar surface area (TPSA) is 49.5 Å². The second kappa shape index (κ2) is 6.05. The van der Waals surface area contributed by atoms with Gasteiger partial charge in [0.25, 0.3) is 0 Å². The largest absolute Gasteiger partial charge is 0.507 e. The zero-order chi connectivity index (χ0) is 15.6. The third kappa shape index (κ3) is 2.82. The fourth-order valence-corrected chi connectivity index (χ4v) is 3.33. The molecule has 1 N–H and O–H groups in total. The van der Waals surface area contributed by atoms with Gasteiger partial charge < -0.3 is 9.63 Å². The van der Waals surface area contributed by atoms with Crippen molar-refractivity contribution in [2.75, 3.05) is 13.1 Å². The van der Waals surface area contributed by atoms with Crippen LogP contribution in [0.1, 0.15) is 29.7 Å². The van der Waals surface area contributed by atoms with Crippen molar-refractivity contribution in [3.05, 3.63) is 59.3 Å². The molecule has 1 aliphatic heterocycles. The fraction of sp³-hybridized carbons (Fsp3) is 0.316. The van der Waals surface area contributed by atoms with Gasteiger partial charge in [-0.25, -0.2) is 0 Å². The van der Waals surface area contributed by atoms with Gasteiger partial charge in [-0.1, -0.05) is 35.5 Å². The third-order valence-corrected chi connectivity index (χ3v) is 4.59. The molecule has 0 atom stereocenters. The first kappa shape index (κ1) is 14.3. The number of hydrogen-bond acceptors (Lipinski definition) is 4. The molecule has 1 aromatic heterocycles. The number of benzene rings is 2. The lowest BCUT2D eigenvalue weighted by molar-refractivity contribution is 0.321. The molecule has 4 nitrogen and oxygen atoms in total. The van der Waals surface area contributed by atoms with Crippen LogP contribution < -0.4 is 0 Å². The lowest BCUT2D eigenvalue weighted by Gasteiger charge is -2.15. The highest BCUT2D eigenvalue weighted by molar-refractivity contribution is 5.84. The molecular formula is C19H20N2O2. The molecule has 118 valence electrons. The zero-order valence-electron chi connectivity index (χ0n) is 13.0. The molecule has 0 bridgehead atoms. The van der Waals surface area contributed by atoms with Crippen LogP contribution in [-0.4, -0.2) is 28.3 Å². The minimum atomic E-state index is 0.298. The van der Waals surface area contributed by atoms with Gasteiger partial charge in [0.05, 0.1) is 11.3 Å². The zero-order valence-corrected chi connectivity index (χ0v) is 13.0. The summed E-state index contributed by atoms with van der Waals surface area (Å²) in [5, 5.41) is 15.5. The van der Waals surface area contributed by atoms with Crippen LogP contribution in [0.15, 0.2) is 47.0 Å². The van der Waals surface area contributed by atoms with Gasteiger partial charge in [-0.3, -0.25) is 4.90 Å². The predicted octanol–water partition coefficient (Wildman–Crippen LogP) is 3.72. The molecule has 0 unspecified atom stereocenters. The molecule has 1 aliphatic rings. The monoisotopic (exact) mass is 308 g/mol. The van der Waals surface area contributed by atoms with E-state index >= 15 is 0 Å². The van der Waals surface area contributed by atoms with Crippen LogP contribution >= 0.6 is 0 Å². The summed E-state index contributed by atoms with van der Waals surface area (Å²) in [5.41, 5.74) is 3.71. The highest BCUT2D eigenvalue weighted by Gasteiger charge is 2.20. The Bertz CT molecular complexity index is 805. The van der Waals surface area contributed by atoms with E-state index in [1.54, 1.807) is 6.07 Å². The van der Waals surface area contributed by atoms with Crippen molar-refractivity contribution in [1.82, 2.24) is 10.1 Å². The first-order valence-electron chi connectivity index (χ1n) is 8.16. The van der Waals surface area contributed by atoms with Gasteiger partial charge in [0.1, 0.15) is 5.75 Å². The summed E-state index contributed by atoms with van der Waals surface area (Å²) in [6.45, 7) is 2.89. The Balaban J connectivity index is 1.69. The molecule has 23 heavy (non-hydrogen) atoms. The second-order valence-corrected chi connectivity index (χ2v) is 6.21. The van der Waals surface area contributed by atoms with Crippen molar-refractivity contribution in [2.24, 2.45) is 0 Å². The van der Waals surface area contributed by atoms with Crippen molar-refractivity contribution in [1.29, 1.82) is 0 Å². The summed E-state index contributed by atoms with van der Waals surface area (Å²) in [7, 11) is 0. The number of aromatic hydroxyl groups is 1. The van der Waals surface area contributed by atoms with Crippen LogP contribution in [0, 0.1) is 0 Å². The van der Waals surface area contributed by atoms with E-state index in [0.717, 1.165) is 48.3 Å². The summed E-state index contributed by atoms with van der Waals surface area (Å²) in [4.78, 5) is 2.36. The number of rotatable bonds is 4. The smallest absolute Gasteiger partial charge is 0.175 e. The minimum absolute atomic E-state index is 0.298. The quantitative estimate of drug-likeness (QED) is 0.798. The summed E-state index contributed by atoms with van der Waals surface area (Å²) in [5.74, 6) is 0.298. The number of phenols is 1. The van der Waals surface area contributed by atoms with Crippen molar-refractivity contribution in [3.63, 3.8) is 0 Å². The van der Waals surface area contributed by atoms with Gasteiger partial charge in [0.2, 0.25) is 0 Å². The Labute approximate surface area is 135 Å². The Morgan fingerprint density at radius 2 is 1.83 bits per heavy atom. The Morgan fingerprint density at radius 3 is 2.61 bits per heavy atom. The molecule has 2 aromatic carbocycles. The number of nitrogens with zero attached hydrogens (tertiary/aromatic N) is 2. The van der Waals surface area contributed by atoms with Gasteiger partial charge in [-0.05, 0) is 43.6 Å². The van der Waals surface area contributed by atoms with E-state index in [1.165, 1.54) is 18.4 Å². The number of likely N-dealkylation sites (tertiary alicyclic amines) is 1. The normalized spacial score (nSPS) is 15.5. The molecule has 0 spiro atoms. The van der Waals surface area contributed by atoms with Crippen molar-refractivity contribution < 1.29 is 9.63 Å². The molecule has 2 heterocycles. The van der Waals surface area contributed by atoms with E-state index < -0.39 is 0 Å². The van der Waals surface area contributed by atoms with Gasteiger partial charge in [-0.2, -0.15) is 0 Å². The number of phenolic OH excluding ortho intramolecular Hbond substituents is 1. The first-order chi connectivity index (χ1) is 11.3. The average Bonchev–Trinajstić information content (AvgIpc) is 3.21. The lowest BCUT2D eigenvalue weighted by atomic mass is 10.0. The summed E-state index contributed by atoms with van der Waals surface area (Å²) in [6, 6.07) is 13.9. The highest BCUT2D eigenvalue weighted by atomic mass is 16.5. The Hall–Kier alpha value is -2.33. The molecule has 0 radical (unpaired) electrons. The molecule has 0 aliphatic carbocycles. The Morgan fingerprint density at radius 1 is 1.04 bits per heavy atom. The molecule has 1 saturated heterocycles. The molecule has 3 aromatic rings. The fourth-order valence-electron chi connectivity index (χ4n) is 3.33. The Kier molecular flexibility index (Phi) is 3.75. The predicted molar refractivity (Wildman–Crippen MR) is 89.4 cm³/mol. The summed E-state index contributed by atoms with van der Waals surface area (Å²) in [6.07, 6.45) is 3.20. The minimum Gasteiger partial charge on any atom is -0.507 e. The van der Waals surface area contributed by atoms with Crippen LogP contribution in [0.3, 0.4) is 0 Å². The van der Waals surface area contributed by atoms with E-state index in [-0.39, 0.29) is 0 Å². The molecule has 1 fully saturated rings. The van der Waals surface area contributed by atoms with E-state index in [2.05, 4.69) is 22.2 Å². The third-order valence-electron chi connectivity index (χ3n) is 4.59. The van der Waals surface area contributed by atoms with Crippen LogP contribution in [0.5, 0.6) is 5.75 Å². The second-order valence-electron chi connectivity index (χ2n) is 6.21. The first-order valence-corrected chi connectivity index (χ1v) is 8.16. The van der Waals surface area contributed by atoms with Crippen LogP contribution in [0.4, 0.5) is 0 Å². The maximum atomic E-state index is 10.3. The van der Waals surface area contributed by atoms with Crippen molar-refractivity contribution >= 4 is 11.0 Å². The van der Waals surface area contributed by atoms with Crippen LogP contribution in [0.2, 0.25) is 0 Å².